The zero-order valence-electron chi connectivity index (χ0n) is 39.6. The van der Waals surface area contributed by atoms with Crippen LogP contribution in [0.3, 0.4) is 0 Å². The minimum atomic E-state index is -1.99. The first-order chi connectivity index (χ1) is 30.7. The lowest BCUT2D eigenvalue weighted by Gasteiger charge is -2.71. The van der Waals surface area contributed by atoms with Crippen LogP contribution in [0, 0.1) is 50.2 Å². The summed E-state index contributed by atoms with van der Waals surface area (Å²) >= 11 is 0. The van der Waals surface area contributed by atoms with Gasteiger partial charge < -0.3 is 79.5 Å². The molecule has 376 valence electrons. The van der Waals surface area contributed by atoms with E-state index in [1.54, 1.807) is 0 Å². The Morgan fingerprint density at radius 2 is 1.29 bits per heavy atom. The largest absolute Gasteiger partial charge is 0.481 e. The summed E-state index contributed by atoms with van der Waals surface area (Å²) in [5.41, 5.74) is -0.458. The van der Waals surface area contributed by atoms with Gasteiger partial charge in [0.15, 0.2) is 25.0 Å². The Hall–Kier alpha value is -1.88. The summed E-state index contributed by atoms with van der Waals surface area (Å²) in [7, 11) is 0. The molecule has 4 saturated carbocycles. The summed E-state index contributed by atoms with van der Waals surface area (Å²) < 4.78 is 36.2. The summed E-state index contributed by atoms with van der Waals surface area (Å²) in [6.07, 6.45) is -16.4. The molecule has 8 aliphatic rings. The molecule has 7 fully saturated rings. The van der Waals surface area contributed by atoms with Gasteiger partial charge in [0.25, 0.3) is 0 Å². The Labute approximate surface area is 386 Å². The molecular weight excluding hydrogens is 865 g/mol. The molecule has 0 amide bonds. The molecule has 5 aliphatic carbocycles. The van der Waals surface area contributed by atoms with Crippen LogP contribution >= 0.6 is 0 Å². The number of carbonyl (C=O) groups is 2. The normalized spacial score (nSPS) is 53.3. The van der Waals surface area contributed by atoms with Crippen LogP contribution in [0.4, 0.5) is 0 Å². The van der Waals surface area contributed by atoms with Crippen LogP contribution in [0.2, 0.25) is 0 Å². The second-order valence-electron chi connectivity index (χ2n) is 23.5. The molecule has 3 aliphatic heterocycles. The van der Waals surface area contributed by atoms with Gasteiger partial charge in [0.2, 0.25) is 0 Å². The number of aliphatic hydroxyl groups is 8. The van der Waals surface area contributed by atoms with E-state index >= 15 is 0 Å². The van der Waals surface area contributed by atoms with E-state index in [1.807, 2.05) is 0 Å². The van der Waals surface area contributed by atoms with Crippen LogP contribution in [-0.4, -0.2) is 168 Å². The van der Waals surface area contributed by atoms with Crippen molar-refractivity contribution in [3.05, 3.63) is 11.6 Å². The van der Waals surface area contributed by atoms with Gasteiger partial charge in [0.1, 0.15) is 61.0 Å². The molecule has 18 nitrogen and oxygen atoms in total. The highest BCUT2D eigenvalue weighted by molar-refractivity contribution is 5.76. The predicted molar refractivity (Wildman–Crippen MR) is 230 cm³/mol. The number of allylic oxidation sites excluding steroid dienone is 2. The van der Waals surface area contributed by atoms with Crippen molar-refractivity contribution in [2.45, 2.75) is 218 Å². The standard InChI is InChI=1S/C48H76O18/c1-21-28(50)30(52)32(54)39(61-21)64-35-34(56)36(65-40-33(55)31(53)29(51)24(20-49)62-40)41(66-37(35)38(57)58)63-27-12-13-45(6)25(44(27,4)5)11-14-47(8)26(45)10-9-22-23-19-43(2,3)15-17-48(23,42(59)60)18-16-46(22,47)7/h9,21,23-37,39-41,49-56H,10-20H2,1-8H3,(H,57,58)(H,59,60). The summed E-state index contributed by atoms with van der Waals surface area (Å²) in [6.45, 7) is 16.6. The van der Waals surface area contributed by atoms with E-state index in [2.05, 4.69) is 54.5 Å². The molecule has 10 N–H and O–H groups in total. The zero-order chi connectivity index (χ0) is 48.4. The number of aliphatic carboxylic acids is 2. The van der Waals surface area contributed by atoms with E-state index in [0.717, 1.165) is 44.9 Å². The van der Waals surface area contributed by atoms with Crippen LogP contribution in [0.25, 0.3) is 0 Å². The Morgan fingerprint density at radius 3 is 1.92 bits per heavy atom. The first-order valence-electron chi connectivity index (χ1n) is 24.2. The van der Waals surface area contributed by atoms with Crippen LogP contribution in [0.1, 0.15) is 120 Å². The first kappa shape index (κ1) is 50.5. The molecule has 0 aromatic carbocycles. The number of ether oxygens (including phenoxy) is 6. The highest BCUT2D eigenvalue weighted by Gasteiger charge is 2.70. The van der Waals surface area contributed by atoms with Gasteiger partial charge >= 0.3 is 11.9 Å². The molecule has 0 spiro atoms. The summed E-state index contributed by atoms with van der Waals surface area (Å²) in [5.74, 6) is -1.93. The Kier molecular flexibility index (Phi) is 13.4. The third kappa shape index (κ3) is 7.74. The molecule has 23 unspecified atom stereocenters. The van der Waals surface area contributed by atoms with Crippen LogP contribution < -0.4 is 0 Å². The molecule has 0 aromatic heterocycles. The van der Waals surface area contributed by atoms with E-state index in [1.165, 1.54) is 12.5 Å². The van der Waals surface area contributed by atoms with Crippen molar-refractivity contribution in [3.8, 4) is 0 Å². The smallest absolute Gasteiger partial charge is 0.335 e. The van der Waals surface area contributed by atoms with E-state index in [9.17, 15) is 60.7 Å². The molecule has 0 aromatic rings. The number of hydrogen-bond donors (Lipinski definition) is 10. The maximum Gasteiger partial charge on any atom is 0.335 e. The van der Waals surface area contributed by atoms with E-state index in [0.29, 0.717) is 19.3 Å². The van der Waals surface area contributed by atoms with Crippen LogP contribution in [-0.2, 0) is 38.0 Å². The number of carboxylic acids is 2. The van der Waals surface area contributed by atoms with Gasteiger partial charge in [-0.25, -0.2) is 4.79 Å². The number of carboxylic acid groups (broad SMARTS) is 2. The third-order valence-corrected chi connectivity index (χ3v) is 19.3. The molecule has 0 bridgehead atoms. The Morgan fingerprint density at radius 1 is 0.667 bits per heavy atom. The number of fused-ring (bicyclic) bond motifs is 7. The van der Waals surface area contributed by atoms with Gasteiger partial charge in [-0.2, -0.15) is 0 Å². The topological polar surface area (TPSA) is 292 Å². The van der Waals surface area contributed by atoms with Gasteiger partial charge in [-0.3, -0.25) is 4.79 Å². The SMILES string of the molecule is CC1OC(OC2C(C(=O)O)OC(OC3CCC4(C)C(CCC5(C)C4CC=C4C6CC(C)(C)CCC6(C(=O)O)CCC45C)C3(C)C)C(OC3OC(CO)C(O)C(O)C3O)C2O)C(O)C(O)C1O. The summed E-state index contributed by atoms with van der Waals surface area (Å²) in [4.78, 5) is 26.1. The number of hydrogen-bond acceptors (Lipinski definition) is 16. The van der Waals surface area contributed by atoms with E-state index in [4.69, 9.17) is 28.4 Å². The molecule has 66 heavy (non-hydrogen) atoms. The Bertz CT molecular complexity index is 1860. The Balaban J connectivity index is 1.08. The van der Waals surface area contributed by atoms with Crippen molar-refractivity contribution in [1.82, 2.24) is 0 Å². The van der Waals surface area contributed by atoms with E-state index < -0.39 is 128 Å². The van der Waals surface area contributed by atoms with Crippen LogP contribution in [0.5, 0.6) is 0 Å². The lowest BCUT2D eigenvalue weighted by Crippen LogP contribution is -2.68. The summed E-state index contributed by atoms with van der Waals surface area (Å²) in [5, 5.41) is 107. The van der Waals surface area contributed by atoms with Crippen LogP contribution in [0.15, 0.2) is 11.6 Å². The third-order valence-electron chi connectivity index (χ3n) is 19.3. The molecule has 23 atom stereocenters. The second kappa shape index (κ2) is 17.5. The monoisotopic (exact) mass is 941 g/mol. The van der Waals surface area contributed by atoms with Gasteiger partial charge in [-0.1, -0.05) is 60.1 Å². The highest BCUT2D eigenvalue weighted by atomic mass is 16.8. The van der Waals surface area contributed by atoms with Crippen molar-refractivity contribution in [2.24, 2.45) is 50.2 Å². The number of aliphatic hydroxyl groups excluding tert-OH is 8. The van der Waals surface area contributed by atoms with Crippen molar-refractivity contribution in [1.29, 1.82) is 0 Å². The fourth-order valence-corrected chi connectivity index (χ4v) is 15.1. The second-order valence-corrected chi connectivity index (χ2v) is 23.5. The lowest BCUT2D eigenvalue weighted by molar-refractivity contribution is -0.390. The summed E-state index contributed by atoms with van der Waals surface area (Å²) in [6, 6.07) is 0. The van der Waals surface area contributed by atoms with Gasteiger partial charge in [-0.05, 0) is 116 Å². The number of rotatable bonds is 9. The molecule has 18 heteroatoms. The van der Waals surface area contributed by atoms with Gasteiger partial charge in [-0.15, -0.1) is 0 Å². The van der Waals surface area contributed by atoms with Crippen molar-refractivity contribution >= 4 is 11.9 Å². The predicted octanol–water partition coefficient (Wildman–Crippen LogP) is 1.83. The van der Waals surface area contributed by atoms with Crippen molar-refractivity contribution in [3.63, 3.8) is 0 Å². The fraction of sp³-hybridized carbons (Fsp3) is 0.917. The minimum Gasteiger partial charge on any atom is -0.481 e. The quantitative estimate of drug-likeness (QED) is 0.117. The molecular formula is C48H76O18. The molecule has 3 saturated heterocycles. The zero-order valence-corrected chi connectivity index (χ0v) is 39.6. The van der Waals surface area contributed by atoms with Crippen molar-refractivity contribution < 1.29 is 89.1 Å². The lowest BCUT2D eigenvalue weighted by atomic mass is 9.33. The first-order valence-corrected chi connectivity index (χ1v) is 24.2. The van der Waals surface area contributed by atoms with Crippen molar-refractivity contribution in [2.75, 3.05) is 6.61 Å². The average Bonchev–Trinajstić information content (AvgIpc) is 3.24. The molecule has 0 radical (unpaired) electrons. The maximum absolute atomic E-state index is 13.2. The average molecular weight is 941 g/mol. The maximum atomic E-state index is 13.2. The molecule has 8 rings (SSSR count). The van der Waals surface area contributed by atoms with Gasteiger partial charge in [0, 0.05) is 0 Å². The molecule has 3 heterocycles. The highest BCUT2D eigenvalue weighted by Crippen LogP contribution is 2.76. The minimum absolute atomic E-state index is 0.0201. The van der Waals surface area contributed by atoms with Gasteiger partial charge in [0.05, 0.1) is 24.2 Å². The fourth-order valence-electron chi connectivity index (χ4n) is 15.1. The van der Waals surface area contributed by atoms with E-state index in [-0.39, 0.29) is 39.4 Å².